The standard InChI is InChI=1S/C17H24N6O3/c1-3-7-26-15-5-4-6-22(11-15)17(24)19-13-8-14(10-16(9-13)25-2)23-12-18-20-21-23/h8-10,12,15H,3-7,11H2,1-2H3,(H,19,24)/t15-/m0/s1. The summed E-state index contributed by atoms with van der Waals surface area (Å²) in [5.74, 6) is 0.607. The summed E-state index contributed by atoms with van der Waals surface area (Å²) in [6, 6.07) is 5.21. The molecule has 26 heavy (non-hydrogen) atoms. The summed E-state index contributed by atoms with van der Waals surface area (Å²) in [5, 5.41) is 14.1. The van der Waals surface area contributed by atoms with E-state index in [4.69, 9.17) is 9.47 Å². The quantitative estimate of drug-likeness (QED) is 0.848. The first kappa shape index (κ1) is 18.1. The van der Waals surface area contributed by atoms with Crippen molar-refractivity contribution in [2.24, 2.45) is 0 Å². The number of rotatable bonds is 6. The molecule has 1 aromatic carbocycles. The second-order valence-corrected chi connectivity index (χ2v) is 6.19. The fraction of sp³-hybridized carbons (Fsp3) is 0.529. The number of benzene rings is 1. The zero-order valence-corrected chi connectivity index (χ0v) is 15.1. The molecule has 2 aromatic rings. The van der Waals surface area contributed by atoms with Crippen molar-refractivity contribution in [3.8, 4) is 11.4 Å². The van der Waals surface area contributed by atoms with E-state index in [9.17, 15) is 4.79 Å². The fourth-order valence-corrected chi connectivity index (χ4v) is 2.93. The van der Waals surface area contributed by atoms with Gasteiger partial charge in [0.25, 0.3) is 0 Å². The molecular weight excluding hydrogens is 336 g/mol. The predicted molar refractivity (Wildman–Crippen MR) is 95.6 cm³/mol. The van der Waals surface area contributed by atoms with Crippen LogP contribution in [0.5, 0.6) is 5.75 Å². The lowest BCUT2D eigenvalue weighted by Gasteiger charge is -2.32. The van der Waals surface area contributed by atoms with Gasteiger partial charge in [-0.1, -0.05) is 6.92 Å². The van der Waals surface area contributed by atoms with Crippen molar-refractivity contribution in [3.63, 3.8) is 0 Å². The molecule has 0 unspecified atom stereocenters. The molecule has 0 radical (unpaired) electrons. The molecule has 9 nitrogen and oxygen atoms in total. The van der Waals surface area contributed by atoms with E-state index in [1.165, 1.54) is 11.0 Å². The van der Waals surface area contributed by atoms with Crippen LogP contribution in [0.1, 0.15) is 26.2 Å². The molecule has 1 saturated heterocycles. The number of carbonyl (C=O) groups is 1. The molecule has 0 saturated carbocycles. The van der Waals surface area contributed by atoms with Gasteiger partial charge in [0.1, 0.15) is 12.1 Å². The molecule has 1 atom stereocenters. The van der Waals surface area contributed by atoms with Crippen LogP contribution in [0.2, 0.25) is 0 Å². The molecule has 1 N–H and O–H groups in total. The maximum Gasteiger partial charge on any atom is 0.321 e. The van der Waals surface area contributed by atoms with Gasteiger partial charge in [0.05, 0.1) is 18.9 Å². The molecule has 2 heterocycles. The van der Waals surface area contributed by atoms with E-state index in [0.29, 0.717) is 23.7 Å². The van der Waals surface area contributed by atoms with Gasteiger partial charge < -0.3 is 19.7 Å². The van der Waals surface area contributed by atoms with Crippen molar-refractivity contribution in [3.05, 3.63) is 24.5 Å². The van der Waals surface area contributed by atoms with Crippen LogP contribution >= 0.6 is 0 Å². The van der Waals surface area contributed by atoms with Crippen molar-refractivity contribution < 1.29 is 14.3 Å². The molecule has 140 valence electrons. The van der Waals surface area contributed by atoms with E-state index < -0.39 is 0 Å². The van der Waals surface area contributed by atoms with Crippen molar-refractivity contribution in [2.45, 2.75) is 32.3 Å². The predicted octanol–water partition coefficient (Wildman–Crippen LogP) is 2.09. The number of likely N-dealkylation sites (tertiary alicyclic amines) is 1. The zero-order valence-electron chi connectivity index (χ0n) is 15.1. The first-order chi connectivity index (χ1) is 12.7. The maximum atomic E-state index is 12.7. The van der Waals surface area contributed by atoms with Crippen LogP contribution in [-0.4, -0.2) is 64.0 Å². The van der Waals surface area contributed by atoms with E-state index in [0.717, 1.165) is 32.4 Å². The van der Waals surface area contributed by atoms with Crippen molar-refractivity contribution >= 4 is 11.7 Å². The molecule has 3 rings (SSSR count). The summed E-state index contributed by atoms with van der Waals surface area (Å²) in [6.07, 6.45) is 4.51. The average molecular weight is 360 g/mol. The number of tetrazole rings is 1. The van der Waals surface area contributed by atoms with E-state index in [1.807, 2.05) is 0 Å². The second kappa shape index (κ2) is 8.61. The van der Waals surface area contributed by atoms with Gasteiger partial charge in [0.2, 0.25) is 0 Å². The summed E-state index contributed by atoms with van der Waals surface area (Å²) in [7, 11) is 1.57. The molecule has 2 amide bonds. The molecule has 1 aliphatic heterocycles. The number of nitrogens with one attached hydrogen (secondary N) is 1. The summed E-state index contributed by atoms with van der Waals surface area (Å²) in [6.45, 7) is 4.14. The summed E-state index contributed by atoms with van der Waals surface area (Å²) < 4.78 is 12.6. The molecule has 1 fully saturated rings. The second-order valence-electron chi connectivity index (χ2n) is 6.19. The SMILES string of the molecule is CCCO[C@H]1CCCN(C(=O)Nc2cc(OC)cc(-n3cnnn3)c2)C1. The van der Waals surface area contributed by atoms with Gasteiger partial charge in [-0.2, -0.15) is 0 Å². The highest BCUT2D eigenvalue weighted by Crippen LogP contribution is 2.24. The van der Waals surface area contributed by atoms with Gasteiger partial charge in [0.15, 0.2) is 0 Å². The summed E-state index contributed by atoms with van der Waals surface area (Å²) in [4.78, 5) is 14.4. The van der Waals surface area contributed by atoms with Gasteiger partial charge in [0, 0.05) is 37.5 Å². The third-order valence-electron chi connectivity index (χ3n) is 4.21. The number of amides is 2. The Hall–Kier alpha value is -2.68. The normalized spacial score (nSPS) is 17.2. The largest absolute Gasteiger partial charge is 0.497 e. The minimum atomic E-state index is -0.147. The van der Waals surface area contributed by atoms with Crippen LogP contribution in [0, 0.1) is 0 Å². The molecule has 1 aromatic heterocycles. The van der Waals surface area contributed by atoms with Crippen molar-refractivity contribution in [1.82, 2.24) is 25.1 Å². The van der Waals surface area contributed by atoms with Crippen LogP contribution in [0.4, 0.5) is 10.5 Å². The minimum Gasteiger partial charge on any atom is -0.497 e. The van der Waals surface area contributed by atoms with Gasteiger partial charge in [-0.3, -0.25) is 0 Å². The fourth-order valence-electron chi connectivity index (χ4n) is 2.93. The molecule has 1 aliphatic rings. The Morgan fingerprint density at radius 2 is 2.27 bits per heavy atom. The van der Waals surface area contributed by atoms with E-state index >= 15 is 0 Å². The Bertz CT molecular complexity index is 721. The minimum absolute atomic E-state index is 0.108. The number of aromatic nitrogens is 4. The lowest BCUT2D eigenvalue weighted by atomic mass is 10.1. The lowest BCUT2D eigenvalue weighted by molar-refractivity contribution is 0.0115. The third-order valence-corrected chi connectivity index (χ3v) is 4.21. The zero-order chi connectivity index (χ0) is 18.4. The smallest absolute Gasteiger partial charge is 0.321 e. The third kappa shape index (κ3) is 4.48. The van der Waals surface area contributed by atoms with E-state index in [1.54, 1.807) is 30.2 Å². The van der Waals surface area contributed by atoms with Gasteiger partial charge in [-0.25, -0.2) is 9.48 Å². The molecule has 0 aliphatic carbocycles. The number of hydrogen-bond acceptors (Lipinski definition) is 6. The Balaban J connectivity index is 1.69. The van der Waals surface area contributed by atoms with Crippen molar-refractivity contribution in [1.29, 1.82) is 0 Å². The number of carbonyl (C=O) groups excluding carboxylic acids is 1. The van der Waals surface area contributed by atoms with Gasteiger partial charge in [-0.05, 0) is 35.8 Å². The van der Waals surface area contributed by atoms with E-state index in [-0.39, 0.29) is 12.1 Å². The number of urea groups is 1. The molecule has 0 bridgehead atoms. The van der Waals surface area contributed by atoms with Crippen LogP contribution in [-0.2, 0) is 4.74 Å². The Morgan fingerprint density at radius 3 is 3.00 bits per heavy atom. The highest BCUT2D eigenvalue weighted by molar-refractivity contribution is 5.90. The van der Waals surface area contributed by atoms with E-state index in [2.05, 4.69) is 27.8 Å². The summed E-state index contributed by atoms with van der Waals surface area (Å²) in [5.41, 5.74) is 1.32. The molecular formula is C17H24N6O3. The van der Waals surface area contributed by atoms with Crippen LogP contribution in [0.15, 0.2) is 24.5 Å². The highest BCUT2D eigenvalue weighted by atomic mass is 16.5. The number of methoxy groups -OCH3 is 1. The first-order valence-corrected chi connectivity index (χ1v) is 8.79. The first-order valence-electron chi connectivity index (χ1n) is 8.79. The lowest BCUT2D eigenvalue weighted by Crippen LogP contribution is -2.45. The number of piperidine rings is 1. The monoisotopic (exact) mass is 360 g/mol. The van der Waals surface area contributed by atoms with Crippen LogP contribution in [0.25, 0.3) is 5.69 Å². The number of hydrogen-bond donors (Lipinski definition) is 1. The summed E-state index contributed by atoms with van der Waals surface area (Å²) >= 11 is 0. The van der Waals surface area contributed by atoms with Gasteiger partial charge in [-0.15, -0.1) is 5.10 Å². The molecule has 0 spiro atoms. The number of ether oxygens (including phenoxy) is 2. The maximum absolute atomic E-state index is 12.7. The topological polar surface area (TPSA) is 94.4 Å². The number of anilines is 1. The Morgan fingerprint density at radius 1 is 1.38 bits per heavy atom. The molecule has 9 heteroatoms. The van der Waals surface area contributed by atoms with Crippen LogP contribution < -0.4 is 10.1 Å². The number of nitrogens with zero attached hydrogens (tertiary/aromatic N) is 5. The Labute approximate surface area is 152 Å². The highest BCUT2D eigenvalue weighted by Gasteiger charge is 2.24. The van der Waals surface area contributed by atoms with Crippen molar-refractivity contribution in [2.75, 3.05) is 32.1 Å². The van der Waals surface area contributed by atoms with Crippen LogP contribution in [0.3, 0.4) is 0 Å². The average Bonchev–Trinajstić information content (AvgIpc) is 3.21. The Kier molecular flexibility index (Phi) is 6.00. The van der Waals surface area contributed by atoms with Gasteiger partial charge >= 0.3 is 6.03 Å².